The van der Waals surface area contributed by atoms with Crippen LogP contribution in [-0.4, -0.2) is 28.5 Å². The molecule has 1 aliphatic heterocycles. The van der Waals surface area contributed by atoms with Crippen LogP contribution in [0.15, 0.2) is 52.8 Å². The van der Waals surface area contributed by atoms with E-state index >= 15 is 0 Å². The third kappa shape index (κ3) is 4.27. The fourth-order valence-corrected chi connectivity index (χ4v) is 2.57. The minimum atomic E-state index is -4.62. The number of carbonyl (C=O) groups excluding carboxylic acids is 1. The zero-order chi connectivity index (χ0) is 19.6. The van der Waals surface area contributed by atoms with Gasteiger partial charge < -0.3 is 14.5 Å². The lowest BCUT2D eigenvalue weighted by Gasteiger charge is -2.16. The Kier molecular flexibility index (Phi) is 5.17. The number of thiocarbonyl (C=S) groups is 1. The number of rotatable bonds is 6. The molecule has 0 aliphatic carbocycles. The molecular formula is C17H12F4N2O3S. The van der Waals surface area contributed by atoms with Gasteiger partial charge in [-0.15, -0.1) is 0 Å². The van der Waals surface area contributed by atoms with Crippen molar-refractivity contribution in [1.29, 1.82) is 0 Å². The molecule has 1 aliphatic rings. The first-order valence-corrected chi connectivity index (χ1v) is 7.99. The minimum Gasteiger partial charge on any atom is -0.467 e. The second-order valence-electron chi connectivity index (χ2n) is 5.50. The summed E-state index contributed by atoms with van der Waals surface area (Å²) >= 11 is 5.11. The van der Waals surface area contributed by atoms with Crippen molar-refractivity contribution in [1.82, 2.24) is 10.2 Å². The van der Waals surface area contributed by atoms with Crippen LogP contribution in [0.25, 0.3) is 6.08 Å². The predicted molar refractivity (Wildman–Crippen MR) is 91.0 cm³/mol. The molecule has 2 aromatic rings. The Balaban J connectivity index is 1.78. The van der Waals surface area contributed by atoms with Gasteiger partial charge in [0.05, 0.1) is 12.8 Å². The molecule has 0 bridgehead atoms. The molecular weight excluding hydrogens is 388 g/mol. The molecule has 1 saturated heterocycles. The lowest BCUT2D eigenvalue weighted by molar-refractivity contribution is -0.253. The van der Waals surface area contributed by atoms with Crippen molar-refractivity contribution in [3.8, 4) is 5.75 Å². The summed E-state index contributed by atoms with van der Waals surface area (Å²) in [5.41, 5.74) is 0.389. The average molecular weight is 400 g/mol. The van der Waals surface area contributed by atoms with Gasteiger partial charge in [0.15, 0.2) is 5.11 Å². The van der Waals surface area contributed by atoms with Crippen molar-refractivity contribution in [2.45, 2.75) is 19.1 Å². The molecule has 1 aromatic carbocycles. The Bertz CT molecular complexity index is 884. The number of alkyl halides is 4. The quantitative estimate of drug-likeness (QED) is 0.455. The van der Waals surface area contributed by atoms with Crippen molar-refractivity contribution in [3.63, 3.8) is 0 Å². The molecule has 3 rings (SSSR count). The highest BCUT2D eigenvalue weighted by molar-refractivity contribution is 7.80. The summed E-state index contributed by atoms with van der Waals surface area (Å²) in [6.45, 7) is 0.124. The molecule has 0 spiro atoms. The Hall–Kier alpha value is -2.88. The Morgan fingerprint density at radius 3 is 2.74 bits per heavy atom. The molecule has 0 radical (unpaired) electrons. The van der Waals surface area contributed by atoms with Gasteiger partial charge in [-0.1, -0.05) is 12.1 Å². The van der Waals surface area contributed by atoms with E-state index in [0.717, 1.165) is 12.1 Å². The summed E-state index contributed by atoms with van der Waals surface area (Å²) in [7, 11) is 0. The van der Waals surface area contributed by atoms with Gasteiger partial charge in [-0.2, -0.15) is 17.6 Å². The topological polar surface area (TPSA) is 54.7 Å². The number of ether oxygens (including phenoxy) is 1. The van der Waals surface area contributed by atoms with E-state index in [2.05, 4.69) is 10.1 Å². The second-order valence-corrected chi connectivity index (χ2v) is 5.88. The molecule has 5 nitrogen and oxygen atoms in total. The number of hydrogen-bond donors (Lipinski definition) is 1. The van der Waals surface area contributed by atoms with Crippen molar-refractivity contribution in [2.75, 3.05) is 0 Å². The summed E-state index contributed by atoms with van der Waals surface area (Å²) in [5, 5.41) is 2.87. The number of amides is 1. The predicted octanol–water partition coefficient (Wildman–Crippen LogP) is 3.77. The number of halogens is 4. The molecule has 10 heteroatoms. The smallest absolute Gasteiger partial charge is 0.461 e. The summed E-state index contributed by atoms with van der Waals surface area (Å²) in [6, 6.07) is 8.40. The van der Waals surface area contributed by atoms with Crippen LogP contribution < -0.4 is 10.1 Å². The molecule has 1 amide bonds. The van der Waals surface area contributed by atoms with Crippen LogP contribution in [0, 0.1) is 0 Å². The SMILES string of the molecule is O=C1/C(=C\c2cccc(OC(F)(F)C(F)F)c2)NC(=S)N1Cc1ccco1. The number of benzene rings is 1. The largest absolute Gasteiger partial charge is 0.467 e. The van der Waals surface area contributed by atoms with Gasteiger partial charge in [0.1, 0.15) is 17.2 Å². The van der Waals surface area contributed by atoms with Crippen LogP contribution in [0.4, 0.5) is 17.6 Å². The maximum absolute atomic E-state index is 13.0. The number of nitrogens with zero attached hydrogens (tertiary/aromatic N) is 1. The summed E-state index contributed by atoms with van der Waals surface area (Å²) in [6.07, 6.45) is -5.77. The summed E-state index contributed by atoms with van der Waals surface area (Å²) in [5.74, 6) is -0.380. The highest BCUT2D eigenvalue weighted by Crippen LogP contribution is 2.28. The first-order chi connectivity index (χ1) is 12.8. The summed E-state index contributed by atoms with van der Waals surface area (Å²) < 4.78 is 59.8. The van der Waals surface area contributed by atoms with Crippen molar-refractivity contribution in [3.05, 3.63) is 59.7 Å². The van der Waals surface area contributed by atoms with Crippen LogP contribution in [0.2, 0.25) is 0 Å². The Labute approximate surface area is 156 Å². The van der Waals surface area contributed by atoms with Crippen LogP contribution in [0.1, 0.15) is 11.3 Å². The first kappa shape index (κ1) is 18.9. The molecule has 27 heavy (non-hydrogen) atoms. The van der Waals surface area contributed by atoms with Gasteiger partial charge >= 0.3 is 12.5 Å². The van der Waals surface area contributed by atoms with E-state index < -0.39 is 24.2 Å². The lowest BCUT2D eigenvalue weighted by atomic mass is 10.2. The van der Waals surface area contributed by atoms with Gasteiger partial charge in [-0.3, -0.25) is 9.69 Å². The number of hydrogen-bond acceptors (Lipinski definition) is 4. The monoisotopic (exact) mass is 400 g/mol. The van der Waals surface area contributed by atoms with E-state index in [1.165, 1.54) is 29.4 Å². The zero-order valence-corrected chi connectivity index (χ0v) is 14.3. The molecule has 1 aromatic heterocycles. The molecule has 2 heterocycles. The molecule has 0 atom stereocenters. The molecule has 0 saturated carbocycles. The van der Waals surface area contributed by atoms with Crippen molar-refractivity contribution >= 4 is 29.3 Å². The summed E-state index contributed by atoms with van der Waals surface area (Å²) in [4.78, 5) is 13.7. The standard InChI is InChI=1S/C17H12F4N2O3S/c18-15(19)17(20,21)26-11-4-1-3-10(7-11)8-13-14(24)23(16(27)22-13)9-12-5-2-6-25-12/h1-8,15H,9H2,(H,22,27)/b13-8+. The van der Waals surface area contributed by atoms with Gasteiger partial charge in [0, 0.05) is 0 Å². The van der Waals surface area contributed by atoms with E-state index in [-0.39, 0.29) is 22.9 Å². The number of carbonyl (C=O) groups is 1. The van der Waals surface area contributed by atoms with Crippen LogP contribution in [0.5, 0.6) is 5.75 Å². The highest BCUT2D eigenvalue weighted by Gasteiger charge is 2.44. The highest BCUT2D eigenvalue weighted by atomic mass is 32.1. The lowest BCUT2D eigenvalue weighted by Crippen LogP contribution is -2.33. The van der Waals surface area contributed by atoms with E-state index in [9.17, 15) is 22.4 Å². The van der Waals surface area contributed by atoms with Crippen LogP contribution in [0.3, 0.4) is 0 Å². The fourth-order valence-electron chi connectivity index (χ4n) is 2.31. The van der Waals surface area contributed by atoms with Crippen molar-refractivity contribution in [2.24, 2.45) is 0 Å². The van der Waals surface area contributed by atoms with E-state index in [0.29, 0.717) is 5.76 Å². The minimum absolute atomic E-state index is 0.101. The van der Waals surface area contributed by atoms with E-state index in [1.807, 2.05) is 0 Å². The molecule has 0 unspecified atom stereocenters. The average Bonchev–Trinajstić information content (AvgIpc) is 3.19. The van der Waals surface area contributed by atoms with Gasteiger partial charge in [0.2, 0.25) is 0 Å². The zero-order valence-electron chi connectivity index (χ0n) is 13.5. The van der Waals surface area contributed by atoms with Crippen LogP contribution in [-0.2, 0) is 11.3 Å². The maximum atomic E-state index is 13.0. The number of nitrogens with one attached hydrogen (secondary N) is 1. The Morgan fingerprint density at radius 1 is 1.30 bits per heavy atom. The van der Waals surface area contributed by atoms with Gasteiger partial charge in [-0.05, 0) is 48.1 Å². The van der Waals surface area contributed by atoms with E-state index in [1.54, 1.807) is 12.1 Å². The van der Waals surface area contributed by atoms with Crippen molar-refractivity contribution < 1.29 is 31.5 Å². The normalized spacial score (nSPS) is 16.3. The Morgan fingerprint density at radius 2 is 2.07 bits per heavy atom. The molecule has 1 fully saturated rings. The van der Waals surface area contributed by atoms with Gasteiger partial charge in [0.25, 0.3) is 5.91 Å². The van der Waals surface area contributed by atoms with Crippen LogP contribution >= 0.6 is 12.2 Å². The number of furan rings is 1. The third-order valence-corrected chi connectivity index (χ3v) is 3.86. The first-order valence-electron chi connectivity index (χ1n) is 7.58. The fraction of sp³-hybridized carbons (Fsp3) is 0.176. The third-order valence-electron chi connectivity index (χ3n) is 3.53. The molecule has 1 N–H and O–H groups in total. The molecule has 142 valence electrons. The van der Waals surface area contributed by atoms with Gasteiger partial charge in [-0.25, -0.2) is 0 Å². The van der Waals surface area contributed by atoms with E-state index in [4.69, 9.17) is 16.6 Å². The maximum Gasteiger partial charge on any atom is 0.461 e. The second kappa shape index (κ2) is 7.39.